The molecule has 7 nitrogen and oxygen atoms in total. The lowest BCUT2D eigenvalue weighted by Crippen LogP contribution is -2.26. The zero-order valence-electron chi connectivity index (χ0n) is 32.6. The van der Waals surface area contributed by atoms with Gasteiger partial charge in [0.15, 0.2) is 17.4 Å². The molecule has 7 rings (SSSR count). The van der Waals surface area contributed by atoms with Crippen molar-refractivity contribution in [1.29, 1.82) is 10.5 Å². The van der Waals surface area contributed by atoms with E-state index >= 15 is 0 Å². The van der Waals surface area contributed by atoms with Gasteiger partial charge in [-0.15, -0.1) is 0 Å². The molecule has 55 heavy (non-hydrogen) atoms. The largest absolute Gasteiger partial charge is 0.289 e. The van der Waals surface area contributed by atoms with Crippen LogP contribution in [0.4, 0.5) is 23.0 Å². The van der Waals surface area contributed by atoms with Crippen molar-refractivity contribution in [2.45, 2.75) is 79.1 Å². The summed E-state index contributed by atoms with van der Waals surface area (Å²) in [5, 5.41) is 20.3. The normalized spacial score (nSPS) is 14.4. The third-order valence-corrected chi connectivity index (χ3v) is 10.5. The Morgan fingerprint density at radius 3 is 1.51 bits per heavy atom. The molecule has 0 spiro atoms. The predicted octanol–water partition coefficient (Wildman–Crippen LogP) is 10.7. The Hall–Kier alpha value is -6.25. The monoisotopic (exact) mass is 718 g/mol. The number of ketones is 1. The molecule has 0 saturated carbocycles. The lowest BCUT2D eigenvalue weighted by molar-refractivity contribution is 0.104. The van der Waals surface area contributed by atoms with Crippen molar-refractivity contribution in [3.8, 4) is 12.1 Å². The van der Waals surface area contributed by atoms with Gasteiger partial charge in [0, 0.05) is 16.7 Å². The van der Waals surface area contributed by atoms with E-state index in [1.54, 1.807) is 24.3 Å². The molecule has 2 heterocycles. The Balaban J connectivity index is 1.66. The number of allylic oxidation sites excluding steroid dienone is 5. The second-order valence-electron chi connectivity index (χ2n) is 15.4. The number of Topliss-reactive ketones (excluding diaryl/α,β-unsaturated/α-hetero) is 1. The maximum atomic E-state index is 14.3. The number of nitriles is 2. The zero-order valence-corrected chi connectivity index (χ0v) is 32.6. The van der Waals surface area contributed by atoms with Crippen LogP contribution in [-0.4, -0.2) is 23.6 Å². The highest BCUT2D eigenvalue weighted by molar-refractivity contribution is 6.35. The summed E-state index contributed by atoms with van der Waals surface area (Å²) in [6, 6.07) is 29.9. The van der Waals surface area contributed by atoms with Gasteiger partial charge in [-0.2, -0.15) is 10.5 Å². The highest BCUT2D eigenvalue weighted by Gasteiger charge is 2.41. The molecule has 0 bridgehead atoms. The van der Waals surface area contributed by atoms with Gasteiger partial charge in [0.05, 0.1) is 22.4 Å². The number of benzene rings is 4. The van der Waals surface area contributed by atoms with Crippen LogP contribution in [-0.2, 0) is 0 Å². The van der Waals surface area contributed by atoms with Crippen LogP contribution in [0.1, 0.15) is 117 Å². The van der Waals surface area contributed by atoms with E-state index < -0.39 is 0 Å². The first-order valence-corrected chi connectivity index (χ1v) is 18.9. The van der Waals surface area contributed by atoms with E-state index in [1.165, 1.54) is 0 Å². The van der Waals surface area contributed by atoms with E-state index in [4.69, 9.17) is 17.8 Å². The van der Waals surface area contributed by atoms with Crippen LogP contribution in [0.5, 0.6) is 0 Å². The smallest absolute Gasteiger partial charge is 0.194 e. The molecular weight excluding hydrogens is 675 g/mol. The molecule has 1 aliphatic heterocycles. The number of para-hydroxylation sites is 4. The first kappa shape index (κ1) is 37.1. The van der Waals surface area contributed by atoms with Gasteiger partial charge in [-0.25, -0.2) is 9.97 Å². The van der Waals surface area contributed by atoms with Crippen molar-refractivity contribution in [2.24, 2.45) is 0 Å². The standard InChI is InChI=1S/C47H43BN6O/c1-26(2)32-13-11-14-33(27(3)4)43(32)53-41(22-21-37-42(30(24-49)25-50)36-20-19-31(48)23-38(36)45(37)55)54(44-34(28(5)6)15-12-16-35(44)29(7)8)47-46(53)51-39-17-9-10-18-40(39)52-47/h9-23,26-29H,1-8H3/b37-21+. The summed E-state index contributed by atoms with van der Waals surface area (Å²) in [6.07, 6.45) is 3.69. The number of carbonyl (C=O) groups excluding carboxylic acids is 1. The molecule has 2 radical (unpaired) electrons. The fourth-order valence-electron chi connectivity index (χ4n) is 7.82. The molecule has 1 aliphatic carbocycles. The van der Waals surface area contributed by atoms with Gasteiger partial charge < -0.3 is 0 Å². The quantitative estimate of drug-likeness (QED) is 0.0939. The lowest BCUT2D eigenvalue weighted by Gasteiger charge is -2.32. The highest BCUT2D eigenvalue weighted by atomic mass is 16.1. The SMILES string of the molecule is [B]c1ccc2c(c1)C(=O)/C(=C/C=C1N(c3c(C(C)C)cccc3C(C)C)c3nc4ccccc4nc3N1c1c(C(C)C)cccc1C(C)C)C2=C(C#N)C#N. The van der Waals surface area contributed by atoms with Gasteiger partial charge >= 0.3 is 0 Å². The topological polar surface area (TPSA) is 96.9 Å². The summed E-state index contributed by atoms with van der Waals surface area (Å²) in [7, 11) is 6.15. The van der Waals surface area contributed by atoms with Gasteiger partial charge in [-0.3, -0.25) is 14.6 Å². The molecule has 8 heteroatoms. The maximum absolute atomic E-state index is 14.3. The van der Waals surface area contributed by atoms with Crippen LogP contribution in [0.2, 0.25) is 0 Å². The van der Waals surface area contributed by atoms with Gasteiger partial charge in [0.2, 0.25) is 0 Å². The maximum Gasteiger partial charge on any atom is 0.194 e. The van der Waals surface area contributed by atoms with E-state index in [0.717, 1.165) is 50.5 Å². The minimum Gasteiger partial charge on any atom is -0.289 e. The van der Waals surface area contributed by atoms with E-state index in [-0.39, 0.29) is 40.6 Å². The number of nitrogens with zero attached hydrogens (tertiary/aromatic N) is 6. The molecule has 4 aromatic carbocycles. The van der Waals surface area contributed by atoms with E-state index in [0.29, 0.717) is 33.8 Å². The Bertz CT molecular complexity index is 2400. The van der Waals surface area contributed by atoms with Crippen molar-refractivity contribution in [1.82, 2.24) is 9.97 Å². The highest BCUT2D eigenvalue weighted by Crippen LogP contribution is 2.54. The number of hydrogen-bond acceptors (Lipinski definition) is 7. The molecular formula is C47H43BN6O. The van der Waals surface area contributed by atoms with Gasteiger partial charge in [0.25, 0.3) is 0 Å². The molecule has 0 fully saturated rings. The zero-order chi connectivity index (χ0) is 39.3. The van der Waals surface area contributed by atoms with Crippen molar-refractivity contribution in [3.63, 3.8) is 0 Å². The lowest BCUT2D eigenvalue weighted by atomic mass is 9.91. The summed E-state index contributed by atoms with van der Waals surface area (Å²) >= 11 is 0. The Kier molecular flexibility index (Phi) is 9.80. The fraction of sp³-hybridized carbons (Fsp3) is 0.255. The van der Waals surface area contributed by atoms with Crippen LogP contribution in [0.25, 0.3) is 16.6 Å². The molecule has 0 N–H and O–H groups in total. The number of rotatable bonds is 7. The van der Waals surface area contributed by atoms with Crippen LogP contribution in [0.3, 0.4) is 0 Å². The van der Waals surface area contributed by atoms with E-state index in [9.17, 15) is 15.3 Å². The number of aromatic nitrogens is 2. The van der Waals surface area contributed by atoms with E-state index in [2.05, 4.69) is 102 Å². The third-order valence-electron chi connectivity index (χ3n) is 10.5. The third kappa shape index (κ3) is 6.22. The second-order valence-corrected chi connectivity index (χ2v) is 15.4. The Morgan fingerprint density at radius 2 is 1.09 bits per heavy atom. The molecule has 2 aliphatic rings. The minimum atomic E-state index is -0.302. The van der Waals surface area contributed by atoms with Gasteiger partial charge in [-0.1, -0.05) is 128 Å². The first-order chi connectivity index (χ1) is 26.4. The van der Waals surface area contributed by atoms with Crippen LogP contribution in [0, 0.1) is 22.7 Å². The Labute approximate surface area is 325 Å². The summed E-state index contributed by atoms with van der Waals surface area (Å²) in [6.45, 7) is 17.6. The summed E-state index contributed by atoms with van der Waals surface area (Å²) in [4.78, 5) is 29.5. The summed E-state index contributed by atoms with van der Waals surface area (Å²) in [5.74, 6) is 2.41. The summed E-state index contributed by atoms with van der Waals surface area (Å²) in [5.41, 5.74) is 9.83. The predicted molar refractivity (Wildman–Crippen MR) is 224 cm³/mol. The van der Waals surface area contributed by atoms with Crippen LogP contribution >= 0.6 is 0 Å². The molecule has 270 valence electrons. The summed E-state index contributed by atoms with van der Waals surface area (Å²) < 4.78 is 0. The number of fused-ring (bicyclic) bond motifs is 3. The number of hydrogen-bond donors (Lipinski definition) is 0. The second kappa shape index (κ2) is 14.5. The molecule has 5 aromatic rings. The van der Waals surface area contributed by atoms with Crippen molar-refractivity contribution in [2.75, 3.05) is 9.80 Å². The van der Waals surface area contributed by atoms with Crippen LogP contribution < -0.4 is 15.3 Å². The average molecular weight is 719 g/mol. The van der Waals surface area contributed by atoms with Crippen LogP contribution in [0.15, 0.2) is 108 Å². The van der Waals surface area contributed by atoms with Gasteiger partial charge in [-0.05, 0) is 75.8 Å². The molecule has 0 saturated heterocycles. The van der Waals surface area contributed by atoms with Crippen molar-refractivity contribution < 1.29 is 4.79 Å². The Morgan fingerprint density at radius 1 is 0.636 bits per heavy atom. The van der Waals surface area contributed by atoms with Crippen molar-refractivity contribution >= 4 is 58.7 Å². The molecule has 0 atom stereocenters. The molecule has 0 amide bonds. The average Bonchev–Trinajstić information content (AvgIpc) is 3.61. The van der Waals surface area contributed by atoms with Crippen molar-refractivity contribution in [3.05, 3.63) is 141 Å². The fourth-order valence-corrected chi connectivity index (χ4v) is 7.82. The number of anilines is 4. The minimum absolute atomic E-state index is 0.140. The van der Waals surface area contributed by atoms with E-state index in [1.807, 2.05) is 42.5 Å². The van der Waals surface area contributed by atoms with Gasteiger partial charge in [0.1, 0.15) is 31.4 Å². The molecule has 0 unspecified atom stereocenters. The molecule has 1 aromatic heterocycles. The first-order valence-electron chi connectivity index (χ1n) is 18.9. The number of carbonyl (C=O) groups is 1.